The van der Waals surface area contributed by atoms with Crippen LogP contribution < -0.4 is 19.5 Å². The van der Waals surface area contributed by atoms with Gasteiger partial charge in [0.05, 0.1) is 17.5 Å². The molecule has 0 saturated carbocycles. The molecule has 11 heteroatoms. The average molecular weight is 464 g/mol. The predicted octanol–water partition coefficient (Wildman–Crippen LogP) is 4.98. The van der Waals surface area contributed by atoms with E-state index in [1.165, 1.54) is 6.07 Å². The first-order valence-corrected chi connectivity index (χ1v) is 11.0. The maximum absolute atomic E-state index is 12.8. The second kappa shape index (κ2) is 7.75. The molecule has 3 aromatic carbocycles. The van der Waals surface area contributed by atoms with E-state index < -0.39 is 28.0 Å². The normalized spacial score (nSPS) is 13.2. The van der Waals surface area contributed by atoms with Gasteiger partial charge in [0, 0.05) is 11.8 Å². The van der Waals surface area contributed by atoms with Gasteiger partial charge in [-0.25, -0.2) is 8.42 Å². The van der Waals surface area contributed by atoms with Crippen molar-refractivity contribution < 1.29 is 35.9 Å². The van der Waals surface area contributed by atoms with Gasteiger partial charge in [0.25, 0.3) is 5.91 Å². The van der Waals surface area contributed by atoms with Crippen molar-refractivity contribution >= 4 is 27.3 Å². The van der Waals surface area contributed by atoms with Gasteiger partial charge in [-0.2, -0.15) is 0 Å². The van der Waals surface area contributed by atoms with Gasteiger partial charge in [-0.1, -0.05) is 18.2 Å². The van der Waals surface area contributed by atoms with E-state index >= 15 is 0 Å². The van der Waals surface area contributed by atoms with Crippen LogP contribution in [0.4, 0.5) is 24.5 Å². The minimum atomic E-state index is -4.87. The monoisotopic (exact) mass is 464 g/mol. The highest BCUT2D eigenvalue weighted by Gasteiger charge is 2.32. The molecule has 0 unspecified atom stereocenters. The molecule has 1 heterocycles. The molecule has 32 heavy (non-hydrogen) atoms. The van der Waals surface area contributed by atoms with E-state index in [0.29, 0.717) is 16.8 Å². The summed E-state index contributed by atoms with van der Waals surface area (Å²) < 4.78 is 72.4. The molecule has 0 aromatic heterocycles. The van der Waals surface area contributed by atoms with Crippen LogP contribution in [0.25, 0.3) is 11.1 Å². The SMILES string of the molecule is CS(=O)(=O)Nc1cccc(-c2ccc3c(c2)C(=O)Nc2cc(OC(F)(F)F)ccc2O3)c1. The first-order valence-electron chi connectivity index (χ1n) is 9.08. The van der Waals surface area contributed by atoms with Gasteiger partial charge >= 0.3 is 6.36 Å². The van der Waals surface area contributed by atoms with Gasteiger partial charge in [-0.15, -0.1) is 13.2 Å². The summed E-state index contributed by atoms with van der Waals surface area (Å²) in [5.41, 5.74) is 1.76. The van der Waals surface area contributed by atoms with Gasteiger partial charge in [0.15, 0.2) is 5.75 Å². The zero-order valence-corrected chi connectivity index (χ0v) is 17.2. The molecule has 166 valence electrons. The summed E-state index contributed by atoms with van der Waals surface area (Å²) >= 11 is 0. The quantitative estimate of drug-likeness (QED) is 0.568. The number of anilines is 2. The smallest absolute Gasteiger partial charge is 0.454 e. The number of sulfonamides is 1. The van der Waals surface area contributed by atoms with Gasteiger partial charge < -0.3 is 14.8 Å². The Bertz CT molecular complexity index is 1320. The lowest BCUT2D eigenvalue weighted by Crippen LogP contribution is -2.17. The summed E-state index contributed by atoms with van der Waals surface area (Å²) in [4.78, 5) is 12.8. The number of nitrogens with one attached hydrogen (secondary N) is 2. The summed E-state index contributed by atoms with van der Waals surface area (Å²) in [6.07, 6.45) is -3.84. The average Bonchev–Trinajstić information content (AvgIpc) is 2.81. The molecule has 1 amide bonds. The summed E-state index contributed by atoms with van der Waals surface area (Å²) in [6.45, 7) is 0. The summed E-state index contributed by atoms with van der Waals surface area (Å²) in [6, 6.07) is 14.7. The van der Waals surface area contributed by atoms with Gasteiger partial charge in [0.1, 0.15) is 11.5 Å². The van der Waals surface area contributed by atoms with E-state index in [4.69, 9.17) is 4.74 Å². The number of ether oxygens (including phenoxy) is 2. The molecule has 0 bridgehead atoms. The number of alkyl halides is 3. The predicted molar refractivity (Wildman–Crippen MR) is 111 cm³/mol. The third-order valence-corrected chi connectivity index (χ3v) is 4.98. The van der Waals surface area contributed by atoms with Crippen LogP contribution in [0.5, 0.6) is 17.2 Å². The maximum atomic E-state index is 12.8. The number of carbonyl (C=O) groups is 1. The van der Waals surface area contributed by atoms with Crippen molar-refractivity contribution in [2.75, 3.05) is 16.3 Å². The highest BCUT2D eigenvalue weighted by molar-refractivity contribution is 7.92. The number of benzene rings is 3. The van der Waals surface area contributed by atoms with E-state index in [-0.39, 0.29) is 22.7 Å². The van der Waals surface area contributed by atoms with Crippen molar-refractivity contribution in [1.82, 2.24) is 0 Å². The maximum Gasteiger partial charge on any atom is 0.573 e. The highest BCUT2D eigenvalue weighted by Crippen LogP contribution is 2.40. The van der Waals surface area contributed by atoms with Crippen molar-refractivity contribution in [2.45, 2.75) is 6.36 Å². The molecule has 2 N–H and O–H groups in total. The topological polar surface area (TPSA) is 93.7 Å². The molecule has 1 aliphatic heterocycles. The van der Waals surface area contributed by atoms with Gasteiger partial charge in [0.2, 0.25) is 10.0 Å². The molecular weight excluding hydrogens is 449 g/mol. The van der Waals surface area contributed by atoms with Crippen LogP contribution in [0, 0.1) is 0 Å². The molecule has 7 nitrogen and oxygen atoms in total. The van der Waals surface area contributed by atoms with Crippen LogP contribution in [-0.4, -0.2) is 26.9 Å². The van der Waals surface area contributed by atoms with Crippen LogP contribution in [0.15, 0.2) is 60.7 Å². The molecule has 0 saturated heterocycles. The molecule has 1 aliphatic rings. The van der Waals surface area contributed by atoms with Crippen molar-refractivity contribution in [3.05, 3.63) is 66.2 Å². The minimum Gasteiger partial charge on any atom is -0.454 e. The van der Waals surface area contributed by atoms with Crippen LogP contribution in [0.1, 0.15) is 10.4 Å². The van der Waals surface area contributed by atoms with E-state index in [1.807, 2.05) is 0 Å². The lowest BCUT2D eigenvalue weighted by molar-refractivity contribution is -0.274. The zero-order valence-electron chi connectivity index (χ0n) is 16.4. The largest absolute Gasteiger partial charge is 0.573 e. The molecule has 0 radical (unpaired) electrons. The Kier molecular flexibility index (Phi) is 5.21. The van der Waals surface area contributed by atoms with Crippen LogP contribution in [0.3, 0.4) is 0 Å². The zero-order chi connectivity index (χ0) is 23.1. The molecule has 0 spiro atoms. The third kappa shape index (κ3) is 4.94. The molecule has 4 rings (SSSR count). The fourth-order valence-electron chi connectivity index (χ4n) is 3.15. The van der Waals surface area contributed by atoms with E-state index in [9.17, 15) is 26.4 Å². The lowest BCUT2D eigenvalue weighted by Gasteiger charge is -2.12. The lowest BCUT2D eigenvalue weighted by atomic mass is 10.0. The Morgan fingerprint density at radius 2 is 1.69 bits per heavy atom. The van der Waals surface area contributed by atoms with Crippen molar-refractivity contribution in [2.24, 2.45) is 0 Å². The first kappa shape index (κ1) is 21.5. The van der Waals surface area contributed by atoms with Crippen LogP contribution in [0.2, 0.25) is 0 Å². The Morgan fingerprint density at radius 1 is 0.969 bits per heavy atom. The fourth-order valence-corrected chi connectivity index (χ4v) is 3.71. The standard InChI is InChI=1S/C21H15F3N2O5S/c1-32(28,29)26-14-4-2-3-12(9-14)13-5-7-18-16(10-13)20(27)25-17-11-15(31-21(22,23)24)6-8-19(17)30-18/h2-11,26H,1H3,(H,25,27). The summed E-state index contributed by atoms with van der Waals surface area (Å²) in [5.74, 6) is -0.726. The minimum absolute atomic E-state index is 0.0221. The Labute approximate surface area is 180 Å². The Morgan fingerprint density at radius 3 is 2.41 bits per heavy atom. The molecule has 0 aliphatic carbocycles. The second-order valence-electron chi connectivity index (χ2n) is 6.93. The number of halogens is 3. The highest BCUT2D eigenvalue weighted by atomic mass is 32.2. The van der Waals surface area contributed by atoms with Gasteiger partial charge in [-0.05, 0) is 47.5 Å². The Balaban J connectivity index is 1.66. The second-order valence-corrected chi connectivity index (χ2v) is 8.68. The number of fused-ring (bicyclic) bond motifs is 2. The van der Waals surface area contributed by atoms with E-state index in [0.717, 1.165) is 18.4 Å². The first-order chi connectivity index (χ1) is 15.0. The fraction of sp³-hybridized carbons (Fsp3) is 0.0952. The molecular formula is C21H15F3N2O5S. The number of carbonyl (C=O) groups excluding carboxylic acids is 1. The van der Waals surface area contributed by atoms with E-state index in [1.54, 1.807) is 42.5 Å². The molecule has 0 atom stereocenters. The third-order valence-electron chi connectivity index (χ3n) is 4.38. The molecule has 0 fully saturated rings. The number of rotatable bonds is 4. The van der Waals surface area contributed by atoms with Crippen LogP contribution in [-0.2, 0) is 10.0 Å². The number of hydrogen-bond acceptors (Lipinski definition) is 5. The van der Waals surface area contributed by atoms with Crippen LogP contribution >= 0.6 is 0 Å². The number of amides is 1. The van der Waals surface area contributed by atoms with Gasteiger partial charge in [-0.3, -0.25) is 9.52 Å². The summed E-state index contributed by atoms with van der Waals surface area (Å²) in [5, 5.41) is 2.52. The number of hydrogen-bond donors (Lipinski definition) is 2. The van der Waals surface area contributed by atoms with E-state index in [2.05, 4.69) is 14.8 Å². The summed E-state index contributed by atoms with van der Waals surface area (Å²) in [7, 11) is -3.46. The van der Waals surface area contributed by atoms with Crippen molar-refractivity contribution in [3.63, 3.8) is 0 Å². The van der Waals surface area contributed by atoms with Crippen molar-refractivity contribution in [1.29, 1.82) is 0 Å². The van der Waals surface area contributed by atoms with Crippen molar-refractivity contribution in [3.8, 4) is 28.4 Å². The Hall–Kier alpha value is -3.73. The molecule has 3 aromatic rings.